The zero-order chi connectivity index (χ0) is 73.8. The normalized spacial score (nSPS) is 17.7. The minimum atomic E-state index is -3.95. The molecule has 2 aliphatic rings. The molecule has 4 heterocycles. The van der Waals surface area contributed by atoms with Crippen LogP contribution in [0, 0.1) is 49.4 Å². The SMILES string of the molecule is CC1CC(N(Cc2ccccc2)Cc2ccccc2)CC1C(=O)CBr.Cc1ccc(S(=O)(=O)n2ccc3nc(CC(=O)OC(C)(C)C)cnc32)cc1.Cc1ccc(S(=O)(=O)n2ccc3nc(N(CC(=O)C4CC(C(Cc5ccccc5)Cc5ccccc5)CC4C)C(=O)OC(C)(C)C)cnc32)cc1. The van der Waals surface area contributed by atoms with Crippen molar-refractivity contribution in [2.75, 3.05) is 16.8 Å². The van der Waals surface area contributed by atoms with Gasteiger partial charge in [0, 0.05) is 43.4 Å². The number of Topliss-reactive ketones (excluding diaryl/α,β-unsaturated/α-hetero) is 2. The Morgan fingerprint density at radius 1 is 0.534 bits per heavy atom. The highest BCUT2D eigenvalue weighted by atomic mass is 79.9. The number of esters is 1. The Morgan fingerprint density at radius 2 is 0.971 bits per heavy atom. The topological polar surface area (TPSA) is 223 Å². The van der Waals surface area contributed by atoms with Crippen LogP contribution in [0.15, 0.2) is 217 Å². The third-order valence-electron chi connectivity index (χ3n) is 18.9. The maximum Gasteiger partial charge on any atom is 0.416 e. The lowest BCUT2D eigenvalue weighted by Gasteiger charge is -2.29. The first-order valence-electron chi connectivity index (χ1n) is 35.1. The number of anilines is 1. The molecule has 0 saturated heterocycles. The van der Waals surface area contributed by atoms with E-state index < -0.39 is 43.3 Å². The van der Waals surface area contributed by atoms with Gasteiger partial charge in [-0.05, 0) is 176 Å². The molecule has 0 spiro atoms. The molecule has 6 unspecified atom stereocenters. The van der Waals surface area contributed by atoms with Crippen LogP contribution in [0.3, 0.4) is 0 Å². The van der Waals surface area contributed by atoms with Gasteiger partial charge < -0.3 is 9.47 Å². The lowest BCUT2D eigenvalue weighted by atomic mass is 9.80. The van der Waals surface area contributed by atoms with Crippen LogP contribution in [-0.2, 0) is 76.3 Å². The first-order chi connectivity index (χ1) is 49.0. The van der Waals surface area contributed by atoms with Gasteiger partial charge in [0.15, 0.2) is 22.9 Å². The molecular formula is C82H93BrN8O10S2. The van der Waals surface area contributed by atoms with Crippen LogP contribution in [0.4, 0.5) is 10.6 Å². The summed E-state index contributed by atoms with van der Waals surface area (Å²) in [5, 5.41) is 0.478. The number of benzene rings is 6. The van der Waals surface area contributed by atoms with Gasteiger partial charge in [0.05, 0.1) is 46.2 Å². The molecule has 18 nitrogen and oxygen atoms in total. The molecule has 2 saturated carbocycles. The number of alkyl halides is 1. The van der Waals surface area contributed by atoms with Crippen molar-refractivity contribution >= 4 is 87.8 Å². The molecule has 2 aliphatic carbocycles. The van der Waals surface area contributed by atoms with E-state index in [1.165, 1.54) is 58.0 Å². The van der Waals surface area contributed by atoms with Gasteiger partial charge in [-0.1, -0.05) is 186 Å². The van der Waals surface area contributed by atoms with Crippen molar-refractivity contribution < 1.29 is 45.5 Å². The summed E-state index contributed by atoms with van der Waals surface area (Å²) >= 11 is 3.35. The monoisotopic (exact) mass is 1490 g/mol. The minimum absolute atomic E-state index is 0.0316. The van der Waals surface area contributed by atoms with Crippen molar-refractivity contribution in [1.82, 2.24) is 32.8 Å². The summed E-state index contributed by atoms with van der Waals surface area (Å²) in [6, 6.07) is 59.0. The standard InChI is InChI=1S/C41H46N4O5S.C22H26BrNO.C19H21N3O4S/c1-28-16-18-34(19-17-28)51(48,49)45-21-20-36-39(45)42-26-38(43-36)44(40(47)50-41(3,4)5)27-37(46)35-25-32(22-29(35)2)33(23-30-12-8-6-9-13-30)24-31-14-10-7-11-15-31;1-17-12-20(13-21(17)22(25)14-23)24(15-18-8-4-2-5-9-18)16-19-10-6-3-7-11-19;1-13-5-7-15(8-6-13)27(24,25)22-10-9-16-18(22)20-12-14(21-16)11-17(23)26-19(2,3)4/h6-21,26,29,32-33,35H,22-25,27H2,1-5H3;2-11,17,20-21H,12-16H2,1H3;5-10,12H,11H2,1-4H3. The number of ether oxygens (including phenoxy) is 2. The Hall–Kier alpha value is -9.02. The van der Waals surface area contributed by atoms with Crippen molar-refractivity contribution in [3.63, 3.8) is 0 Å². The number of aryl methyl sites for hydroxylation is 2. The molecule has 10 aromatic rings. The van der Waals surface area contributed by atoms with Crippen molar-refractivity contribution in [3.05, 3.63) is 246 Å². The third-order valence-corrected chi connectivity index (χ3v) is 22.8. The summed E-state index contributed by atoms with van der Waals surface area (Å²) in [4.78, 5) is 73.8. The fourth-order valence-electron chi connectivity index (χ4n) is 13.8. The first-order valence-corrected chi connectivity index (χ1v) is 39.1. The van der Waals surface area contributed by atoms with Crippen LogP contribution in [0.5, 0.6) is 0 Å². The molecule has 4 aromatic heterocycles. The number of rotatable bonds is 22. The van der Waals surface area contributed by atoms with E-state index in [1.807, 2.05) is 26.0 Å². The Balaban J connectivity index is 0.000000184. The van der Waals surface area contributed by atoms with Crippen molar-refractivity contribution in [2.24, 2.45) is 35.5 Å². The highest BCUT2D eigenvalue weighted by Gasteiger charge is 2.42. The molecule has 6 atom stereocenters. The van der Waals surface area contributed by atoms with E-state index in [2.05, 4.69) is 164 Å². The van der Waals surface area contributed by atoms with Gasteiger partial charge in [-0.2, -0.15) is 0 Å². The van der Waals surface area contributed by atoms with Crippen LogP contribution in [0.2, 0.25) is 0 Å². The van der Waals surface area contributed by atoms with E-state index >= 15 is 0 Å². The van der Waals surface area contributed by atoms with Gasteiger partial charge in [-0.3, -0.25) is 24.2 Å². The van der Waals surface area contributed by atoms with E-state index in [9.17, 15) is 36.0 Å². The average molecular weight is 1490 g/mol. The third kappa shape index (κ3) is 20.2. The predicted molar refractivity (Wildman–Crippen MR) is 406 cm³/mol. The molecule has 0 N–H and O–H groups in total. The highest BCUT2D eigenvalue weighted by Crippen LogP contribution is 2.44. The van der Waals surface area contributed by atoms with Crippen molar-refractivity contribution in [1.29, 1.82) is 0 Å². The number of aromatic nitrogens is 6. The zero-order valence-electron chi connectivity index (χ0n) is 60.3. The predicted octanol–water partition coefficient (Wildman–Crippen LogP) is 16.0. The van der Waals surface area contributed by atoms with Gasteiger partial charge in [0.1, 0.15) is 28.0 Å². The summed E-state index contributed by atoms with van der Waals surface area (Å²) < 4.78 is 65.9. The second-order valence-corrected chi connectivity index (χ2v) is 33.5. The summed E-state index contributed by atoms with van der Waals surface area (Å²) in [7, 11) is -7.72. The van der Waals surface area contributed by atoms with Gasteiger partial charge >= 0.3 is 12.1 Å². The lowest BCUT2D eigenvalue weighted by Crippen LogP contribution is -2.42. The maximum absolute atomic E-state index is 14.2. The molecule has 0 radical (unpaired) electrons. The van der Waals surface area contributed by atoms with Crippen LogP contribution in [0.1, 0.15) is 120 Å². The highest BCUT2D eigenvalue weighted by molar-refractivity contribution is 9.09. The number of carbonyl (C=O) groups excluding carboxylic acids is 4. The number of hydrogen-bond donors (Lipinski definition) is 0. The molecule has 0 aliphatic heterocycles. The largest absolute Gasteiger partial charge is 0.460 e. The maximum atomic E-state index is 14.2. The minimum Gasteiger partial charge on any atom is -0.460 e. The summed E-state index contributed by atoms with van der Waals surface area (Å²) in [6.07, 6.45) is 10.4. The fourth-order valence-corrected chi connectivity index (χ4v) is 16.8. The summed E-state index contributed by atoms with van der Waals surface area (Å²) in [6.45, 7) is 20.4. The number of nitrogens with zero attached hydrogens (tertiary/aromatic N) is 8. The quantitative estimate of drug-likeness (QED) is 0.0454. The molecule has 2 fully saturated rings. The Kier molecular flexibility index (Phi) is 25.0. The Bertz CT molecular complexity index is 4680. The number of carbonyl (C=O) groups is 4. The number of amides is 1. The molecule has 0 bridgehead atoms. The van der Waals surface area contributed by atoms with E-state index in [0.29, 0.717) is 46.1 Å². The van der Waals surface area contributed by atoms with Gasteiger partial charge in [-0.25, -0.2) is 49.5 Å². The molecule has 1 amide bonds. The van der Waals surface area contributed by atoms with Gasteiger partial charge in [-0.15, -0.1) is 0 Å². The molecule has 6 aromatic carbocycles. The lowest BCUT2D eigenvalue weighted by molar-refractivity contribution is -0.154. The summed E-state index contributed by atoms with van der Waals surface area (Å²) in [5.74, 6) is 1.22. The Morgan fingerprint density at radius 3 is 1.44 bits per heavy atom. The molecular weight excluding hydrogens is 1400 g/mol. The number of fused-ring (bicyclic) bond motifs is 2. The number of halogens is 1. The average Bonchev–Trinajstić information content (AvgIpc) is 1.66. The number of hydrogen-bond acceptors (Lipinski definition) is 15. The van der Waals surface area contributed by atoms with E-state index in [-0.39, 0.29) is 68.9 Å². The van der Waals surface area contributed by atoms with E-state index in [4.69, 9.17) is 9.47 Å². The second-order valence-electron chi connectivity index (χ2n) is 29.3. The van der Waals surface area contributed by atoms with Crippen molar-refractivity contribution in [3.8, 4) is 0 Å². The molecule has 540 valence electrons. The first kappa shape index (κ1) is 76.6. The summed E-state index contributed by atoms with van der Waals surface area (Å²) in [5.41, 5.74) is 7.15. The van der Waals surface area contributed by atoms with Crippen LogP contribution < -0.4 is 4.90 Å². The zero-order valence-corrected chi connectivity index (χ0v) is 63.5. The Labute approximate surface area is 614 Å². The number of ketones is 2. The molecule has 21 heteroatoms. The van der Waals surface area contributed by atoms with Crippen LogP contribution in [-0.4, -0.2) is 102 Å². The second kappa shape index (κ2) is 33.6. The molecule has 103 heavy (non-hydrogen) atoms. The van der Waals surface area contributed by atoms with Crippen molar-refractivity contribution in [2.45, 2.75) is 154 Å². The smallest absolute Gasteiger partial charge is 0.416 e. The van der Waals surface area contributed by atoms with Gasteiger partial charge in [0.25, 0.3) is 20.0 Å². The van der Waals surface area contributed by atoms with Crippen LogP contribution in [0.25, 0.3) is 22.3 Å². The molecule has 12 rings (SSSR count). The van der Waals surface area contributed by atoms with E-state index in [1.54, 1.807) is 96.1 Å². The fraction of sp³-hybridized carbons (Fsp3) is 0.366. The van der Waals surface area contributed by atoms with Gasteiger partial charge in [0.2, 0.25) is 0 Å². The van der Waals surface area contributed by atoms with Crippen LogP contribution >= 0.6 is 15.9 Å². The van der Waals surface area contributed by atoms with E-state index in [0.717, 1.165) is 70.7 Å².